The Kier molecular flexibility index (Phi) is 14.7. The minimum Gasteiger partial charge on any atom is -0.497 e. The van der Waals surface area contributed by atoms with Crippen molar-refractivity contribution >= 4 is 56.5 Å². The zero-order valence-electron chi connectivity index (χ0n) is 38.7. The number of hydrogen-bond acceptors (Lipinski definition) is 13. The van der Waals surface area contributed by atoms with Gasteiger partial charge in [-0.2, -0.15) is 10.2 Å². The van der Waals surface area contributed by atoms with E-state index in [9.17, 15) is 10.1 Å². The van der Waals surface area contributed by atoms with Crippen molar-refractivity contribution in [1.29, 1.82) is 0 Å². The van der Waals surface area contributed by atoms with Gasteiger partial charge in [0, 0.05) is 30.6 Å². The van der Waals surface area contributed by atoms with E-state index in [2.05, 4.69) is 20.6 Å². The largest absolute Gasteiger partial charge is 0.497 e. The van der Waals surface area contributed by atoms with Gasteiger partial charge in [0.1, 0.15) is 51.0 Å². The van der Waals surface area contributed by atoms with Gasteiger partial charge in [0.2, 0.25) is 0 Å². The Morgan fingerprint density at radius 2 is 0.958 bits per heavy atom. The highest BCUT2D eigenvalue weighted by molar-refractivity contribution is 5.97. The molecule has 10 rings (SSSR count). The molecule has 0 fully saturated rings. The summed E-state index contributed by atoms with van der Waals surface area (Å²) < 4.78 is 26.6. The summed E-state index contributed by atoms with van der Waals surface area (Å²) in [6.07, 6.45) is 3.39. The summed E-state index contributed by atoms with van der Waals surface area (Å²) in [6, 6.07) is 48.8. The van der Waals surface area contributed by atoms with E-state index in [0.717, 1.165) is 45.0 Å². The quantitative estimate of drug-likeness (QED) is 0.0500. The standard InChI is InChI=1S/C27H23N5O4.C27H25N5O2.CH4/c1-18-7-11-21(12-8-18)36-24-15-16-28-27-25(24)26(29-22-5-3-4-6-23(22)32(33)34)30-31(27)17-19-9-13-20(35-2)14-10-19;1-18-7-11-21(12-8-18)34-24-15-16-29-27-25(24)26(30-23-6-4-3-5-22(23)28)31-32(27)17-19-9-13-20(33-2)14-10-19;/h3-16H,17H2,1-2H3,(H,29,30);3-16H,17,28H2,1-2H3,(H,30,31);1H4. The number of fused-ring (bicyclic) bond motifs is 2. The van der Waals surface area contributed by atoms with Crippen LogP contribution >= 0.6 is 0 Å². The van der Waals surface area contributed by atoms with Crippen LogP contribution < -0.4 is 35.3 Å². The molecular weight excluding hydrogens is 897 g/mol. The number of rotatable bonds is 15. The van der Waals surface area contributed by atoms with Crippen molar-refractivity contribution < 1.29 is 23.9 Å². The Labute approximate surface area is 410 Å². The lowest BCUT2D eigenvalue weighted by atomic mass is 10.2. The van der Waals surface area contributed by atoms with Gasteiger partial charge in [0.25, 0.3) is 5.69 Å². The molecule has 4 aromatic heterocycles. The lowest BCUT2D eigenvalue weighted by Crippen LogP contribution is -2.03. The molecule has 0 spiro atoms. The SMILES string of the molecule is C.COc1ccc(Cn2nc(Nc3ccccc3N)c3c(Oc4ccc(C)cc4)ccnc32)cc1.COc1ccc(Cn2nc(Nc3ccccc3[N+](=O)[O-])c3c(Oc4ccc(C)cc4)ccnc32)cc1. The summed E-state index contributed by atoms with van der Waals surface area (Å²) in [5.74, 6) is 5.19. The first kappa shape index (κ1) is 48.0. The molecule has 0 atom stereocenters. The summed E-state index contributed by atoms with van der Waals surface area (Å²) in [5, 5.41) is 29.1. The topological polar surface area (TPSA) is 192 Å². The number of aryl methyl sites for hydroxylation is 2. The van der Waals surface area contributed by atoms with Crippen LogP contribution in [0.1, 0.15) is 29.7 Å². The lowest BCUT2D eigenvalue weighted by Gasteiger charge is -2.10. The van der Waals surface area contributed by atoms with Gasteiger partial charge in [-0.3, -0.25) is 10.1 Å². The normalized spacial score (nSPS) is 10.7. The first-order valence-electron chi connectivity index (χ1n) is 22.2. The number of nitrogen functional groups attached to an aromatic ring is 1. The minimum absolute atomic E-state index is 0. The average Bonchev–Trinajstić information content (AvgIpc) is 3.91. The van der Waals surface area contributed by atoms with E-state index in [1.807, 2.05) is 146 Å². The second-order valence-corrected chi connectivity index (χ2v) is 16.2. The fourth-order valence-electron chi connectivity index (χ4n) is 7.58. The molecule has 0 radical (unpaired) electrons. The molecule has 0 bridgehead atoms. The van der Waals surface area contributed by atoms with Crippen LogP contribution in [-0.4, -0.2) is 48.7 Å². The number of para-hydroxylation sites is 4. The Hall–Kier alpha value is -9.44. The predicted octanol–water partition coefficient (Wildman–Crippen LogP) is 12.8. The zero-order valence-corrected chi connectivity index (χ0v) is 38.7. The molecule has 0 saturated carbocycles. The van der Waals surface area contributed by atoms with Gasteiger partial charge in [0.15, 0.2) is 22.9 Å². The summed E-state index contributed by atoms with van der Waals surface area (Å²) in [6.45, 7) is 5.02. The second kappa shape index (κ2) is 21.7. The van der Waals surface area contributed by atoms with Crippen LogP contribution in [0.5, 0.6) is 34.5 Å². The number of nitro benzene ring substituents is 1. The van der Waals surface area contributed by atoms with E-state index in [1.54, 1.807) is 55.6 Å². The van der Waals surface area contributed by atoms with Gasteiger partial charge in [-0.15, -0.1) is 0 Å². The minimum atomic E-state index is -0.430. The number of nitrogens with two attached hydrogens (primary N) is 1. The van der Waals surface area contributed by atoms with Gasteiger partial charge < -0.3 is 35.3 Å². The highest BCUT2D eigenvalue weighted by atomic mass is 16.6. The number of nitro groups is 1. The van der Waals surface area contributed by atoms with E-state index < -0.39 is 4.92 Å². The molecule has 6 aromatic carbocycles. The molecule has 0 amide bonds. The Bertz CT molecular complexity index is 3410. The van der Waals surface area contributed by atoms with Crippen LogP contribution in [0, 0.1) is 24.0 Å². The summed E-state index contributed by atoms with van der Waals surface area (Å²) in [4.78, 5) is 20.4. The molecule has 0 aliphatic heterocycles. The molecule has 4 heterocycles. The number of anilines is 5. The third-order valence-corrected chi connectivity index (χ3v) is 11.2. The van der Waals surface area contributed by atoms with Crippen molar-refractivity contribution in [3.63, 3.8) is 0 Å². The van der Waals surface area contributed by atoms with Gasteiger partial charge in [-0.25, -0.2) is 19.3 Å². The lowest BCUT2D eigenvalue weighted by molar-refractivity contribution is -0.383. The number of nitrogens with one attached hydrogen (secondary N) is 2. The summed E-state index contributed by atoms with van der Waals surface area (Å²) in [5.41, 5.74) is 13.5. The molecule has 16 nitrogen and oxygen atoms in total. The fourth-order valence-corrected chi connectivity index (χ4v) is 7.58. The van der Waals surface area contributed by atoms with E-state index in [1.165, 1.54) is 11.6 Å². The van der Waals surface area contributed by atoms with Crippen molar-refractivity contribution in [2.24, 2.45) is 0 Å². The molecule has 0 aliphatic carbocycles. The number of ether oxygens (including phenoxy) is 4. The first-order chi connectivity index (χ1) is 34.1. The van der Waals surface area contributed by atoms with Crippen molar-refractivity contribution in [2.45, 2.75) is 34.4 Å². The van der Waals surface area contributed by atoms with Crippen LogP contribution in [0.25, 0.3) is 22.1 Å². The smallest absolute Gasteiger partial charge is 0.292 e. The monoisotopic (exact) mass is 948 g/mol. The van der Waals surface area contributed by atoms with E-state index in [0.29, 0.717) is 70.0 Å². The maximum Gasteiger partial charge on any atom is 0.292 e. The Morgan fingerprint density at radius 1 is 0.549 bits per heavy atom. The molecule has 0 unspecified atom stereocenters. The number of aromatic nitrogens is 6. The third-order valence-electron chi connectivity index (χ3n) is 11.2. The molecule has 358 valence electrons. The van der Waals surface area contributed by atoms with E-state index >= 15 is 0 Å². The third kappa shape index (κ3) is 11.1. The van der Waals surface area contributed by atoms with Crippen LogP contribution in [0.15, 0.2) is 170 Å². The highest BCUT2D eigenvalue weighted by Crippen LogP contribution is 2.39. The maximum atomic E-state index is 11.6. The van der Waals surface area contributed by atoms with Crippen LogP contribution in [-0.2, 0) is 13.1 Å². The van der Waals surface area contributed by atoms with Crippen molar-refractivity contribution in [2.75, 3.05) is 30.6 Å². The summed E-state index contributed by atoms with van der Waals surface area (Å²) >= 11 is 0. The molecule has 71 heavy (non-hydrogen) atoms. The Morgan fingerprint density at radius 3 is 1.39 bits per heavy atom. The molecule has 10 aromatic rings. The van der Waals surface area contributed by atoms with Crippen LogP contribution in [0.4, 0.5) is 34.4 Å². The van der Waals surface area contributed by atoms with E-state index in [-0.39, 0.29) is 13.1 Å². The number of pyridine rings is 2. The molecule has 4 N–H and O–H groups in total. The van der Waals surface area contributed by atoms with Gasteiger partial charge >= 0.3 is 0 Å². The average molecular weight is 949 g/mol. The molecule has 16 heteroatoms. The Balaban J connectivity index is 0.000000188. The van der Waals surface area contributed by atoms with Crippen molar-refractivity contribution in [1.82, 2.24) is 29.5 Å². The van der Waals surface area contributed by atoms with Gasteiger partial charge in [-0.05, 0) is 91.7 Å². The van der Waals surface area contributed by atoms with Crippen LogP contribution in [0.3, 0.4) is 0 Å². The summed E-state index contributed by atoms with van der Waals surface area (Å²) in [7, 11) is 3.28. The maximum absolute atomic E-state index is 11.6. The number of hydrogen-bond donors (Lipinski definition) is 3. The van der Waals surface area contributed by atoms with Gasteiger partial charge in [-0.1, -0.05) is 91.3 Å². The number of benzene rings is 6. The fraction of sp³-hybridized carbons (Fsp3) is 0.127. The first-order valence-corrected chi connectivity index (χ1v) is 22.2. The van der Waals surface area contributed by atoms with Crippen molar-refractivity contribution in [3.05, 3.63) is 202 Å². The van der Waals surface area contributed by atoms with E-state index in [4.69, 9.17) is 34.9 Å². The zero-order chi connectivity index (χ0) is 48.6. The van der Waals surface area contributed by atoms with Crippen LogP contribution in [0.2, 0.25) is 0 Å². The predicted molar refractivity (Wildman–Crippen MR) is 279 cm³/mol. The van der Waals surface area contributed by atoms with Crippen molar-refractivity contribution in [3.8, 4) is 34.5 Å². The number of methoxy groups -OCH3 is 2. The molecule has 0 aliphatic rings. The number of nitrogens with zero attached hydrogens (tertiary/aromatic N) is 7. The second-order valence-electron chi connectivity index (χ2n) is 16.2. The molecular formula is C55H52N10O6. The molecule has 0 saturated heterocycles. The highest BCUT2D eigenvalue weighted by Gasteiger charge is 2.22. The van der Waals surface area contributed by atoms with Gasteiger partial charge in [0.05, 0.1) is 43.6 Å².